The van der Waals surface area contributed by atoms with E-state index >= 15 is 0 Å². The van der Waals surface area contributed by atoms with Crippen LogP contribution < -0.4 is 4.90 Å². The van der Waals surface area contributed by atoms with E-state index < -0.39 is 14.0 Å². The molecule has 8 heteroatoms. The van der Waals surface area contributed by atoms with Crippen molar-refractivity contribution in [3.8, 4) is 0 Å². The fraction of sp³-hybridized carbons (Fsp3) is 0.364. The molecule has 1 aliphatic heterocycles. The third kappa shape index (κ3) is 4.52. The maximum absolute atomic E-state index is 13.9. The highest BCUT2D eigenvalue weighted by Gasteiger charge is 2.49. The summed E-state index contributed by atoms with van der Waals surface area (Å²) in [6, 6.07) is 16.8. The van der Waals surface area contributed by atoms with Gasteiger partial charge in [-0.15, -0.1) is 11.3 Å². The van der Waals surface area contributed by atoms with Crippen molar-refractivity contribution in [2.75, 3.05) is 43.4 Å². The highest BCUT2D eigenvalue weighted by molar-refractivity contribution is 9.58. The molecule has 1 aliphatic rings. The molecule has 1 aromatic heterocycles. The number of benzene rings is 2. The van der Waals surface area contributed by atoms with Gasteiger partial charge < -0.3 is 4.90 Å². The zero-order valence-corrected chi connectivity index (χ0v) is 19.7. The van der Waals surface area contributed by atoms with Crippen molar-refractivity contribution in [2.45, 2.75) is 16.8 Å². The van der Waals surface area contributed by atoms with Crippen molar-refractivity contribution in [3.63, 3.8) is 0 Å². The zero-order valence-electron chi connectivity index (χ0n) is 16.4. The number of hydrogen-bond acceptors (Lipinski definition) is 3. The molecule has 0 amide bonds. The molecule has 2 nitrogen and oxygen atoms in total. The van der Waals surface area contributed by atoms with E-state index in [1.54, 1.807) is 41.7 Å². The first kappa shape index (κ1) is 22.0. The van der Waals surface area contributed by atoms with Gasteiger partial charge in [0.2, 0.25) is 0 Å². The minimum atomic E-state index is -4.26. The van der Waals surface area contributed by atoms with Crippen molar-refractivity contribution in [1.82, 2.24) is 4.90 Å². The van der Waals surface area contributed by atoms with Gasteiger partial charge in [-0.1, -0.05) is 38.8 Å². The number of piperazine rings is 1. The van der Waals surface area contributed by atoms with Crippen LogP contribution in [0.25, 0.3) is 10.1 Å². The Labute approximate surface area is 188 Å². The van der Waals surface area contributed by atoms with Gasteiger partial charge in [0.05, 0.1) is 10.4 Å². The van der Waals surface area contributed by atoms with Gasteiger partial charge in [-0.25, -0.2) is 0 Å². The van der Waals surface area contributed by atoms with Gasteiger partial charge in [-0.3, -0.25) is 4.90 Å². The lowest BCUT2D eigenvalue weighted by Crippen LogP contribution is -2.46. The van der Waals surface area contributed by atoms with E-state index in [0.29, 0.717) is 17.9 Å². The molecule has 0 N–H and O–H groups in total. The molecule has 1 unspecified atom stereocenters. The fourth-order valence-corrected chi connectivity index (χ4v) is 8.05. The number of halogens is 4. The molecular weight excluding hydrogens is 493 g/mol. The third-order valence-electron chi connectivity index (χ3n) is 5.55. The average Bonchev–Trinajstić information content (AvgIpc) is 3.23. The van der Waals surface area contributed by atoms with Crippen molar-refractivity contribution in [1.29, 1.82) is 0 Å². The Bertz CT molecular complexity index is 971. The Kier molecular flexibility index (Phi) is 6.67. The zero-order chi connectivity index (χ0) is 21.2. The number of alkyl halides is 3. The second kappa shape index (κ2) is 9.10. The van der Waals surface area contributed by atoms with Crippen LogP contribution in [0.3, 0.4) is 0 Å². The molecule has 162 valence electrons. The SMILES string of the molecule is FC(F)(F)S(Br)(CCCN1CCN(c2cccc3ccsc23)CC1)c1ccccc1. The standard InChI is InChI=1S/C22H24BrF3N2S2/c23-30(22(24,25)26,19-7-2-1-3-8-19)17-5-11-27-12-14-28(15-13-27)20-9-4-6-18-10-16-29-21(18)20/h1-4,6-10,16H,5,11-15,17H2. The minimum Gasteiger partial charge on any atom is -0.368 e. The maximum atomic E-state index is 13.9. The lowest BCUT2D eigenvalue weighted by atomic mass is 10.2. The van der Waals surface area contributed by atoms with Crippen molar-refractivity contribution in [3.05, 3.63) is 60.0 Å². The molecule has 0 bridgehead atoms. The smallest absolute Gasteiger partial charge is 0.368 e. The van der Waals surface area contributed by atoms with Crippen LogP contribution in [-0.2, 0) is 0 Å². The molecule has 0 saturated carbocycles. The third-order valence-corrected chi connectivity index (χ3v) is 12.3. The summed E-state index contributed by atoms with van der Waals surface area (Å²) in [4.78, 5) is 5.04. The Morgan fingerprint density at radius 1 is 0.933 bits per heavy atom. The molecule has 1 fully saturated rings. The van der Waals surface area contributed by atoms with Gasteiger partial charge >= 0.3 is 5.51 Å². The number of nitrogens with zero attached hydrogens (tertiary/aromatic N) is 2. The van der Waals surface area contributed by atoms with Crippen LogP contribution in [-0.4, -0.2) is 48.9 Å². The molecule has 4 rings (SSSR count). The van der Waals surface area contributed by atoms with E-state index in [2.05, 4.69) is 54.3 Å². The van der Waals surface area contributed by atoms with Crippen LogP contribution in [0.4, 0.5) is 18.9 Å². The van der Waals surface area contributed by atoms with Gasteiger partial charge in [-0.2, -0.15) is 13.2 Å². The van der Waals surface area contributed by atoms with E-state index in [1.165, 1.54) is 15.8 Å². The predicted octanol–water partition coefficient (Wildman–Crippen LogP) is 7.11. The Morgan fingerprint density at radius 3 is 2.37 bits per heavy atom. The first-order chi connectivity index (χ1) is 14.4. The van der Waals surface area contributed by atoms with Gasteiger partial charge in [0, 0.05) is 31.1 Å². The van der Waals surface area contributed by atoms with Crippen molar-refractivity contribution < 1.29 is 13.2 Å². The van der Waals surface area contributed by atoms with Gasteiger partial charge in [0.15, 0.2) is 0 Å². The summed E-state index contributed by atoms with van der Waals surface area (Å²) in [5.41, 5.74) is -2.99. The van der Waals surface area contributed by atoms with E-state index in [4.69, 9.17) is 0 Å². The van der Waals surface area contributed by atoms with E-state index in [0.717, 1.165) is 26.2 Å². The van der Waals surface area contributed by atoms with Crippen LogP contribution in [0.15, 0.2) is 64.9 Å². The Morgan fingerprint density at radius 2 is 1.67 bits per heavy atom. The van der Waals surface area contributed by atoms with Crippen LogP contribution in [0.1, 0.15) is 6.42 Å². The van der Waals surface area contributed by atoms with E-state index in [1.807, 2.05) is 0 Å². The minimum absolute atomic E-state index is 0.106. The summed E-state index contributed by atoms with van der Waals surface area (Å²) in [5, 5.41) is 3.39. The van der Waals surface area contributed by atoms with Crippen LogP contribution in [0, 0.1) is 0 Å². The van der Waals surface area contributed by atoms with Crippen molar-refractivity contribution >= 4 is 50.4 Å². The average molecular weight is 517 g/mol. The van der Waals surface area contributed by atoms with Crippen LogP contribution in [0.2, 0.25) is 0 Å². The molecule has 2 heterocycles. The van der Waals surface area contributed by atoms with Crippen LogP contribution in [0.5, 0.6) is 0 Å². The number of rotatable bonds is 6. The first-order valence-electron chi connectivity index (χ1n) is 9.94. The molecular formula is C22H24BrF3N2S2. The highest BCUT2D eigenvalue weighted by Crippen LogP contribution is 2.73. The molecule has 1 saturated heterocycles. The second-order valence-corrected chi connectivity index (χ2v) is 14.3. The molecule has 3 aromatic rings. The second-order valence-electron chi connectivity index (χ2n) is 7.42. The summed E-state index contributed by atoms with van der Waals surface area (Å²) in [5.74, 6) is 0.106. The lowest BCUT2D eigenvalue weighted by Gasteiger charge is -2.38. The number of fused-ring (bicyclic) bond motifs is 1. The predicted molar refractivity (Wildman–Crippen MR) is 127 cm³/mol. The van der Waals surface area contributed by atoms with E-state index in [9.17, 15) is 13.2 Å². The summed E-state index contributed by atoms with van der Waals surface area (Å²) < 4.78 is 42.9. The summed E-state index contributed by atoms with van der Waals surface area (Å²) in [7, 11) is -3.03. The lowest BCUT2D eigenvalue weighted by molar-refractivity contribution is -0.0363. The van der Waals surface area contributed by atoms with Crippen LogP contribution >= 0.6 is 34.6 Å². The summed E-state index contributed by atoms with van der Waals surface area (Å²) in [6.45, 7) is 4.26. The van der Waals surface area contributed by atoms with Gasteiger partial charge in [0.25, 0.3) is 0 Å². The monoisotopic (exact) mass is 516 g/mol. The maximum Gasteiger partial charge on any atom is 0.438 e. The molecule has 2 aromatic carbocycles. The van der Waals surface area contributed by atoms with Gasteiger partial charge in [-0.05, 0) is 68.6 Å². The highest BCUT2D eigenvalue weighted by atomic mass is 79.9. The Hall–Kier alpha value is -1.22. The summed E-state index contributed by atoms with van der Waals surface area (Å²) >= 11 is 4.89. The topological polar surface area (TPSA) is 6.48 Å². The molecule has 0 radical (unpaired) electrons. The Balaban J connectivity index is 1.34. The van der Waals surface area contributed by atoms with E-state index in [-0.39, 0.29) is 5.75 Å². The summed E-state index contributed by atoms with van der Waals surface area (Å²) in [6.07, 6.45) is 0.523. The fourth-order valence-electron chi connectivity index (χ4n) is 3.93. The molecule has 0 spiro atoms. The van der Waals surface area contributed by atoms with Crippen molar-refractivity contribution in [2.24, 2.45) is 0 Å². The largest absolute Gasteiger partial charge is 0.438 e. The van der Waals surface area contributed by atoms with Gasteiger partial charge in [0.1, 0.15) is 0 Å². The first-order valence-corrected chi connectivity index (χ1v) is 14.5. The normalized spacial score (nSPS) is 19.0. The number of thiophene rings is 1. The molecule has 30 heavy (non-hydrogen) atoms. The molecule has 0 aliphatic carbocycles. The number of anilines is 1. The quantitative estimate of drug-likeness (QED) is 0.344. The number of hydrogen-bond donors (Lipinski definition) is 0. The molecule has 1 atom stereocenters.